The second-order valence-electron chi connectivity index (χ2n) is 4.98. The number of hydrogen-bond donors (Lipinski definition) is 1. The van der Waals surface area contributed by atoms with Gasteiger partial charge in [0, 0.05) is 0 Å². The second-order valence-corrected chi connectivity index (χ2v) is 8.49. The molecule has 1 heterocycles. The van der Waals surface area contributed by atoms with E-state index >= 15 is 0 Å². The first-order valence-corrected chi connectivity index (χ1v) is 10.00. The summed E-state index contributed by atoms with van der Waals surface area (Å²) in [7, 11) is -3.50. The molecule has 3 aromatic rings. The van der Waals surface area contributed by atoms with E-state index in [4.69, 9.17) is 11.6 Å². The molecule has 8 heteroatoms. The SMILES string of the molecule is CCS(=O)(=O)c1ccccc1C(=O)Nc1ccc(Cl)c2ncsc12. The van der Waals surface area contributed by atoms with Crippen molar-refractivity contribution in [3.8, 4) is 0 Å². The highest BCUT2D eigenvalue weighted by molar-refractivity contribution is 7.91. The lowest BCUT2D eigenvalue weighted by Gasteiger charge is -2.10. The number of aromatic nitrogens is 1. The number of carbonyl (C=O) groups is 1. The molecule has 0 aliphatic heterocycles. The van der Waals surface area contributed by atoms with Crippen molar-refractivity contribution < 1.29 is 13.2 Å². The number of rotatable bonds is 4. The maximum Gasteiger partial charge on any atom is 0.257 e. The van der Waals surface area contributed by atoms with E-state index < -0.39 is 15.7 Å². The summed E-state index contributed by atoms with van der Waals surface area (Å²) in [6.45, 7) is 1.55. The summed E-state index contributed by atoms with van der Waals surface area (Å²) in [5, 5.41) is 3.26. The number of anilines is 1. The molecular formula is C16H13ClN2O3S2. The first-order chi connectivity index (χ1) is 11.4. The van der Waals surface area contributed by atoms with E-state index in [1.165, 1.54) is 23.5 Å². The van der Waals surface area contributed by atoms with Gasteiger partial charge in [0.2, 0.25) is 0 Å². The zero-order valence-electron chi connectivity index (χ0n) is 12.6. The first kappa shape index (κ1) is 16.9. The highest BCUT2D eigenvalue weighted by atomic mass is 35.5. The van der Waals surface area contributed by atoms with Crippen LogP contribution in [0, 0.1) is 0 Å². The van der Waals surface area contributed by atoms with E-state index in [1.54, 1.807) is 36.7 Å². The molecule has 0 saturated heterocycles. The van der Waals surface area contributed by atoms with Crippen molar-refractivity contribution in [3.05, 3.63) is 52.5 Å². The molecule has 1 N–H and O–H groups in total. The molecule has 124 valence electrons. The summed E-state index contributed by atoms with van der Waals surface area (Å²) in [6.07, 6.45) is 0. The molecule has 0 fully saturated rings. The van der Waals surface area contributed by atoms with Crippen molar-refractivity contribution in [1.29, 1.82) is 0 Å². The number of nitrogens with one attached hydrogen (secondary N) is 1. The van der Waals surface area contributed by atoms with Gasteiger partial charge in [-0.15, -0.1) is 11.3 Å². The number of amides is 1. The molecule has 0 unspecified atom stereocenters. The molecule has 0 spiro atoms. The van der Waals surface area contributed by atoms with Gasteiger partial charge >= 0.3 is 0 Å². The summed E-state index contributed by atoms with van der Waals surface area (Å²) in [4.78, 5) is 16.8. The number of fused-ring (bicyclic) bond motifs is 1. The summed E-state index contributed by atoms with van der Waals surface area (Å²) < 4.78 is 25.1. The smallest absolute Gasteiger partial charge is 0.257 e. The molecular weight excluding hydrogens is 368 g/mol. The minimum atomic E-state index is -3.50. The maximum absolute atomic E-state index is 12.6. The molecule has 0 atom stereocenters. The molecule has 24 heavy (non-hydrogen) atoms. The van der Waals surface area contributed by atoms with Crippen LogP contribution in [0.1, 0.15) is 17.3 Å². The van der Waals surface area contributed by atoms with E-state index in [-0.39, 0.29) is 16.2 Å². The quantitative estimate of drug-likeness (QED) is 0.742. The molecule has 3 rings (SSSR count). The van der Waals surface area contributed by atoms with Crippen molar-refractivity contribution >= 4 is 54.6 Å². The fourth-order valence-corrected chi connectivity index (χ4v) is 4.43. The summed E-state index contributed by atoms with van der Waals surface area (Å²) in [5.41, 5.74) is 2.91. The van der Waals surface area contributed by atoms with Crippen molar-refractivity contribution in [3.63, 3.8) is 0 Å². The predicted molar refractivity (Wildman–Crippen MR) is 96.8 cm³/mol. The number of thiazole rings is 1. The van der Waals surface area contributed by atoms with Crippen LogP contribution in [0.25, 0.3) is 10.2 Å². The maximum atomic E-state index is 12.6. The van der Waals surface area contributed by atoms with Crippen molar-refractivity contribution in [1.82, 2.24) is 4.98 Å². The van der Waals surface area contributed by atoms with Crippen LogP contribution in [0.15, 0.2) is 46.8 Å². The van der Waals surface area contributed by atoms with Gasteiger partial charge in [0.05, 0.1) is 37.1 Å². The van der Waals surface area contributed by atoms with E-state index in [0.717, 1.165) is 4.70 Å². The third-order valence-electron chi connectivity index (χ3n) is 3.53. The Morgan fingerprint density at radius 2 is 2.00 bits per heavy atom. The Kier molecular flexibility index (Phi) is 4.58. The highest BCUT2D eigenvalue weighted by Gasteiger charge is 2.21. The first-order valence-electron chi connectivity index (χ1n) is 7.09. The van der Waals surface area contributed by atoms with Crippen molar-refractivity contribution in [2.75, 3.05) is 11.1 Å². The Labute approximate surface area is 148 Å². The minimum Gasteiger partial charge on any atom is -0.321 e. The normalized spacial score (nSPS) is 11.6. The zero-order chi connectivity index (χ0) is 17.3. The molecule has 1 amide bonds. The van der Waals surface area contributed by atoms with Gasteiger partial charge in [0.1, 0.15) is 5.52 Å². The van der Waals surface area contributed by atoms with Crippen LogP contribution in [0.3, 0.4) is 0 Å². The van der Waals surface area contributed by atoms with E-state index in [1.807, 2.05) is 0 Å². The van der Waals surface area contributed by atoms with Crippen LogP contribution < -0.4 is 5.32 Å². The highest BCUT2D eigenvalue weighted by Crippen LogP contribution is 2.32. The van der Waals surface area contributed by atoms with Gasteiger partial charge in [0.25, 0.3) is 5.91 Å². The van der Waals surface area contributed by atoms with Gasteiger partial charge < -0.3 is 5.32 Å². The number of nitrogens with zero attached hydrogens (tertiary/aromatic N) is 1. The largest absolute Gasteiger partial charge is 0.321 e. The fraction of sp³-hybridized carbons (Fsp3) is 0.125. The average molecular weight is 381 g/mol. The lowest BCUT2D eigenvalue weighted by molar-refractivity contribution is 0.102. The van der Waals surface area contributed by atoms with E-state index in [2.05, 4.69) is 10.3 Å². The Morgan fingerprint density at radius 1 is 1.25 bits per heavy atom. The van der Waals surface area contributed by atoms with Gasteiger partial charge in [-0.1, -0.05) is 30.7 Å². The summed E-state index contributed by atoms with van der Waals surface area (Å²) in [6, 6.07) is 9.50. The van der Waals surface area contributed by atoms with Gasteiger partial charge in [-0.25, -0.2) is 13.4 Å². The summed E-state index contributed by atoms with van der Waals surface area (Å²) in [5.74, 6) is -0.559. The molecule has 0 aliphatic carbocycles. The molecule has 0 bridgehead atoms. The van der Waals surface area contributed by atoms with Crippen LogP contribution in [0.4, 0.5) is 5.69 Å². The second kappa shape index (κ2) is 6.51. The molecule has 0 saturated carbocycles. The Balaban J connectivity index is 2.02. The fourth-order valence-electron chi connectivity index (χ4n) is 2.29. The van der Waals surface area contributed by atoms with Crippen LogP contribution in [-0.4, -0.2) is 25.1 Å². The standard InChI is InChI=1S/C16H13ClN2O3S2/c1-2-24(21,22)13-6-4-3-5-10(13)16(20)19-12-8-7-11(17)14-15(12)23-9-18-14/h3-9H,2H2,1H3,(H,19,20). The van der Waals surface area contributed by atoms with Gasteiger partial charge in [0.15, 0.2) is 9.84 Å². The molecule has 0 radical (unpaired) electrons. The predicted octanol–water partition coefficient (Wildman–Crippen LogP) is 4.00. The monoisotopic (exact) mass is 380 g/mol. The van der Waals surface area contributed by atoms with E-state index in [0.29, 0.717) is 16.2 Å². The lowest BCUT2D eigenvalue weighted by atomic mass is 10.2. The van der Waals surface area contributed by atoms with Crippen LogP contribution in [-0.2, 0) is 9.84 Å². The minimum absolute atomic E-state index is 0.0273. The van der Waals surface area contributed by atoms with Crippen LogP contribution in [0.5, 0.6) is 0 Å². The van der Waals surface area contributed by atoms with Crippen molar-refractivity contribution in [2.45, 2.75) is 11.8 Å². The topological polar surface area (TPSA) is 76.1 Å². The zero-order valence-corrected chi connectivity index (χ0v) is 15.0. The lowest BCUT2D eigenvalue weighted by Crippen LogP contribution is -2.17. The molecule has 1 aromatic heterocycles. The number of hydrogen-bond acceptors (Lipinski definition) is 5. The van der Waals surface area contributed by atoms with Gasteiger partial charge in [-0.05, 0) is 24.3 Å². The third-order valence-corrected chi connectivity index (χ3v) is 6.48. The Morgan fingerprint density at radius 3 is 2.75 bits per heavy atom. The van der Waals surface area contributed by atoms with E-state index in [9.17, 15) is 13.2 Å². The number of halogens is 1. The third kappa shape index (κ3) is 3.02. The molecule has 0 aliphatic rings. The van der Waals surface area contributed by atoms with Gasteiger partial charge in [-0.3, -0.25) is 4.79 Å². The average Bonchev–Trinajstić information content (AvgIpc) is 3.08. The van der Waals surface area contributed by atoms with Crippen LogP contribution in [0.2, 0.25) is 5.02 Å². The van der Waals surface area contributed by atoms with Crippen LogP contribution >= 0.6 is 22.9 Å². The number of sulfone groups is 1. The van der Waals surface area contributed by atoms with Crippen molar-refractivity contribution in [2.24, 2.45) is 0 Å². The summed E-state index contributed by atoms with van der Waals surface area (Å²) >= 11 is 7.43. The molecule has 5 nitrogen and oxygen atoms in total. The molecule has 2 aromatic carbocycles. The number of carbonyl (C=O) groups excluding carboxylic acids is 1. The Hall–Kier alpha value is -1.96. The number of benzene rings is 2. The Bertz CT molecular complexity index is 1030. The van der Waals surface area contributed by atoms with Gasteiger partial charge in [-0.2, -0.15) is 0 Å².